The highest BCUT2D eigenvalue weighted by Crippen LogP contribution is 2.41. The van der Waals surface area contributed by atoms with Gasteiger partial charge in [-0.25, -0.2) is 0 Å². The van der Waals surface area contributed by atoms with E-state index in [4.69, 9.17) is 9.73 Å². The SMILES string of the molecule is CCCCCCOc1cc(C)ccc1CNC1=NCC2(CCC2)CN1.I. The summed E-state index contributed by atoms with van der Waals surface area (Å²) in [6, 6.07) is 6.47. The molecule has 1 aliphatic heterocycles. The standard InChI is InChI=1S/C21H33N3O.HI/c1-3-4-5-6-12-25-19-13-17(2)8-9-18(19)14-22-20-23-15-21(16-24-20)10-7-11-21;/h8-9,13H,3-7,10-12,14-16H2,1-2H3,(H2,22,23,24);1H. The van der Waals surface area contributed by atoms with E-state index in [0.29, 0.717) is 5.41 Å². The highest BCUT2D eigenvalue weighted by molar-refractivity contribution is 14.0. The van der Waals surface area contributed by atoms with E-state index in [-0.39, 0.29) is 24.0 Å². The molecule has 1 aliphatic carbocycles. The summed E-state index contributed by atoms with van der Waals surface area (Å²) >= 11 is 0. The second kappa shape index (κ2) is 10.4. The molecule has 0 atom stereocenters. The van der Waals surface area contributed by atoms with Gasteiger partial charge in [-0.15, -0.1) is 24.0 Å². The maximum Gasteiger partial charge on any atom is 0.191 e. The summed E-state index contributed by atoms with van der Waals surface area (Å²) in [5.41, 5.74) is 2.91. The third kappa shape index (κ3) is 5.76. The Bertz CT molecular complexity index is 599. The Hall–Kier alpha value is -0.980. The third-order valence-corrected chi connectivity index (χ3v) is 5.54. The van der Waals surface area contributed by atoms with Crippen molar-refractivity contribution < 1.29 is 4.74 Å². The van der Waals surface area contributed by atoms with Gasteiger partial charge in [0.2, 0.25) is 0 Å². The summed E-state index contributed by atoms with van der Waals surface area (Å²) in [6.45, 7) is 7.94. The molecule has 3 rings (SSSR count). The summed E-state index contributed by atoms with van der Waals surface area (Å²) in [5, 5.41) is 6.93. The number of ether oxygens (including phenoxy) is 1. The Morgan fingerprint density at radius 1 is 1.23 bits per heavy atom. The van der Waals surface area contributed by atoms with Crippen molar-refractivity contribution in [3.63, 3.8) is 0 Å². The number of hydrogen-bond acceptors (Lipinski definition) is 4. The van der Waals surface area contributed by atoms with E-state index in [2.05, 4.69) is 42.7 Å². The lowest BCUT2D eigenvalue weighted by Crippen LogP contribution is -2.52. The van der Waals surface area contributed by atoms with Crippen LogP contribution in [0.3, 0.4) is 0 Å². The molecule has 0 amide bonds. The van der Waals surface area contributed by atoms with E-state index < -0.39 is 0 Å². The number of aryl methyl sites for hydroxylation is 1. The van der Waals surface area contributed by atoms with Crippen LogP contribution in [0.1, 0.15) is 63.0 Å². The van der Waals surface area contributed by atoms with Gasteiger partial charge in [0, 0.05) is 24.1 Å². The second-order valence-electron chi connectivity index (χ2n) is 7.75. The molecule has 2 aliphatic rings. The van der Waals surface area contributed by atoms with Gasteiger partial charge in [-0.3, -0.25) is 4.99 Å². The van der Waals surface area contributed by atoms with Crippen molar-refractivity contribution in [2.45, 2.75) is 65.3 Å². The molecular weight excluding hydrogens is 437 g/mol. The van der Waals surface area contributed by atoms with Crippen molar-refractivity contribution in [1.82, 2.24) is 10.6 Å². The summed E-state index contributed by atoms with van der Waals surface area (Å²) in [6.07, 6.45) is 8.94. The summed E-state index contributed by atoms with van der Waals surface area (Å²) in [7, 11) is 0. The van der Waals surface area contributed by atoms with Crippen LogP contribution in [0.15, 0.2) is 23.2 Å². The maximum absolute atomic E-state index is 6.06. The monoisotopic (exact) mass is 471 g/mol. The van der Waals surface area contributed by atoms with E-state index in [1.807, 2.05) is 0 Å². The third-order valence-electron chi connectivity index (χ3n) is 5.54. The lowest BCUT2D eigenvalue weighted by molar-refractivity contribution is 0.142. The molecule has 1 spiro atoms. The van der Waals surface area contributed by atoms with Crippen LogP contribution in [0.2, 0.25) is 0 Å². The Morgan fingerprint density at radius 2 is 2.08 bits per heavy atom. The van der Waals surface area contributed by atoms with Crippen molar-refractivity contribution in [3.05, 3.63) is 29.3 Å². The van der Waals surface area contributed by atoms with E-state index in [0.717, 1.165) is 44.4 Å². The molecule has 1 aromatic carbocycles. The van der Waals surface area contributed by atoms with Gasteiger partial charge in [0.1, 0.15) is 5.75 Å². The van der Waals surface area contributed by atoms with Crippen LogP contribution in [0.4, 0.5) is 0 Å². The number of halogens is 1. The Morgan fingerprint density at radius 3 is 2.73 bits per heavy atom. The first-order valence-corrected chi connectivity index (χ1v) is 9.95. The lowest BCUT2D eigenvalue weighted by atomic mass is 9.68. The Labute approximate surface area is 175 Å². The van der Waals surface area contributed by atoms with Crippen LogP contribution < -0.4 is 15.4 Å². The average Bonchev–Trinajstić information content (AvgIpc) is 2.60. The normalized spacial score (nSPS) is 17.5. The first kappa shape index (κ1) is 21.3. The zero-order valence-corrected chi connectivity index (χ0v) is 18.6. The highest BCUT2D eigenvalue weighted by atomic mass is 127. The van der Waals surface area contributed by atoms with Gasteiger partial charge >= 0.3 is 0 Å². The topological polar surface area (TPSA) is 45.6 Å². The number of nitrogens with zero attached hydrogens (tertiary/aromatic N) is 1. The number of aliphatic imine (C=N–C) groups is 1. The van der Waals surface area contributed by atoms with Crippen LogP contribution in [0.5, 0.6) is 5.75 Å². The summed E-state index contributed by atoms with van der Waals surface area (Å²) < 4.78 is 6.06. The molecule has 146 valence electrons. The van der Waals surface area contributed by atoms with Crippen LogP contribution in [-0.2, 0) is 6.54 Å². The molecule has 1 fully saturated rings. The first-order chi connectivity index (χ1) is 12.2. The largest absolute Gasteiger partial charge is 0.493 e. The van der Waals surface area contributed by atoms with Crippen LogP contribution in [0.25, 0.3) is 0 Å². The van der Waals surface area contributed by atoms with E-state index in [1.165, 1.54) is 49.7 Å². The molecule has 1 saturated carbocycles. The van der Waals surface area contributed by atoms with Gasteiger partial charge in [-0.1, -0.05) is 44.7 Å². The number of unbranched alkanes of at least 4 members (excludes halogenated alkanes) is 3. The fourth-order valence-electron chi connectivity index (χ4n) is 3.59. The lowest BCUT2D eigenvalue weighted by Gasteiger charge is -2.43. The number of rotatable bonds is 8. The zero-order valence-electron chi connectivity index (χ0n) is 16.3. The minimum atomic E-state index is 0. The fourth-order valence-corrected chi connectivity index (χ4v) is 3.59. The van der Waals surface area contributed by atoms with Crippen molar-refractivity contribution in [3.8, 4) is 5.75 Å². The number of nitrogens with one attached hydrogen (secondary N) is 2. The van der Waals surface area contributed by atoms with Crippen LogP contribution >= 0.6 is 24.0 Å². The Balaban J connectivity index is 0.00000243. The quantitative estimate of drug-likeness (QED) is 0.423. The molecule has 0 bridgehead atoms. The van der Waals surface area contributed by atoms with Crippen molar-refractivity contribution >= 4 is 29.9 Å². The van der Waals surface area contributed by atoms with Crippen molar-refractivity contribution in [2.75, 3.05) is 19.7 Å². The molecule has 0 aromatic heterocycles. The smallest absolute Gasteiger partial charge is 0.191 e. The predicted octanol–water partition coefficient (Wildman–Crippen LogP) is 4.79. The van der Waals surface area contributed by atoms with Gasteiger partial charge in [-0.2, -0.15) is 0 Å². The van der Waals surface area contributed by atoms with Gasteiger partial charge in [0.15, 0.2) is 5.96 Å². The van der Waals surface area contributed by atoms with Gasteiger partial charge in [-0.05, 0) is 37.8 Å². The average molecular weight is 471 g/mol. The molecule has 0 saturated heterocycles. The van der Waals surface area contributed by atoms with E-state index in [1.54, 1.807) is 0 Å². The predicted molar refractivity (Wildman–Crippen MR) is 120 cm³/mol. The fraction of sp³-hybridized carbons (Fsp3) is 0.667. The van der Waals surface area contributed by atoms with Crippen molar-refractivity contribution in [1.29, 1.82) is 0 Å². The highest BCUT2D eigenvalue weighted by Gasteiger charge is 2.38. The van der Waals surface area contributed by atoms with Gasteiger partial charge < -0.3 is 15.4 Å². The number of hydrogen-bond donors (Lipinski definition) is 2. The molecule has 26 heavy (non-hydrogen) atoms. The van der Waals surface area contributed by atoms with Crippen LogP contribution in [0, 0.1) is 12.3 Å². The number of benzene rings is 1. The molecule has 2 N–H and O–H groups in total. The Kier molecular flexibility index (Phi) is 8.51. The molecule has 0 unspecified atom stereocenters. The first-order valence-electron chi connectivity index (χ1n) is 9.95. The summed E-state index contributed by atoms with van der Waals surface area (Å²) in [4.78, 5) is 4.72. The molecular formula is C21H34IN3O. The van der Waals surface area contributed by atoms with Gasteiger partial charge in [0.25, 0.3) is 0 Å². The summed E-state index contributed by atoms with van der Waals surface area (Å²) in [5.74, 6) is 1.95. The molecule has 1 aromatic rings. The maximum atomic E-state index is 6.06. The number of guanidine groups is 1. The second-order valence-corrected chi connectivity index (χ2v) is 7.75. The molecule has 4 nitrogen and oxygen atoms in total. The minimum absolute atomic E-state index is 0. The molecule has 0 radical (unpaired) electrons. The minimum Gasteiger partial charge on any atom is -0.493 e. The molecule has 5 heteroatoms. The van der Waals surface area contributed by atoms with Gasteiger partial charge in [0.05, 0.1) is 13.2 Å². The van der Waals surface area contributed by atoms with E-state index in [9.17, 15) is 0 Å². The van der Waals surface area contributed by atoms with Crippen LogP contribution in [-0.4, -0.2) is 25.7 Å². The molecule has 1 heterocycles. The van der Waals surface area contributed by atoms with E-state index >= 15 is 0 Å². The van der Waals surface area contributed by atoms with Crippen molar-refractivity contribution in [2.24, 2.45) is 10.4 Å². The zero-order chi connectivity index (χ0) is 17.5.